The van der Waals surface area contributed by atoms with E-state index in [4.69, 9.17) is 5.11 Å². The van der Waals surface area contributed by atoms with Crippen LogP contribution >= 0.6 is 0 Å². The lowest BCUT2D eigenvalue weighted by Gasteiger charge is -2.09. The smallest absolute Gasteiger partial charge is 0.303 e. The van der Waals surface area contributed by atoms with Gasteiger partial charge < -0.3 is 10.4 Å². The van der Waals surface area contributed by atoms with E-state index in [9.17, 15) is 9.59 Å². The zero-order valence-corrected chi connectivity index (χ0v) is 10.8. The van der Waals surface area contributed by atoms with Crippen molar-refractivity contribution in [2.75, 3.05) is 6.54 Å². The molecule has 1 heterocycles. The molecule has 0 spiro atoms. The van der Waals surface area contributed by atoms with Gasteiger partial charge in [-0.1, -0.05) is 6.92 Å². The molecule has 0 aliphatic heterocycles. The van der Waals surface area contributed by atoms with Crippen molar-refractivity contribution >= 4 is 11.9 Å². The van der Waals surface area contributed by atoms with Gasteiger partial charge in [0.05, 0.1) is 0 Å². The fourth-order valence-electron chi connectivity index (χ4n) is 1.73. The van der Waals surface area contributed by atoms with E-state index in [1.54, 1.807) is 0 Å². The normalized spacial score (nSPS) is 16.1. The molecular formula is C12H18N4O3. The molecule has 7 heteroatoms. The third-order valence-corrected chi connectivity index (χ3v) is 3.13. The Morgan fingerprint density at radius 1 is 1.53 bits per heavy atom. The highest BCUT2D eigenvalue weighted by Gasteiger charge is 2.28. The second-order valence-corrected chi connectivity index (χ2v) is 5.07. The Morgan fingerprint density at radius 3 is 2.89 bits per heavy atom. The number of hydrogen-bond donors (Lipinski definition) is 3. The minimum absolute atomic E-state index is 0.113. The molecule has 1 aromatic heterocycles. The third-order valence-electron chi connectivity index (χ3n) is 3.13. The molecule has 104 valence electrons. The number of carboxylic acids is 1. The van der Waals surface area contributed by atoms with E-state index in [2.05, 4.69) is 20.5 Å². The van der Waals surface area contributed by atoms with Crippen molar-refractivity contribution in [2.24, 2.45) is 5.92 Å². The number of aromatic amines is 1. The van der Waals surface area contributed by atoms with Gasteiger partial charge in [0.1, 0.15) is 5.82 Å². The fourth-order valence-corrected chi connectivity index (χ4v) is 1.73. The van der Waals surface area contributed by atoms with Crippen molar-refractivity contribution in [3.63, 3.8) is 0 Å². The van der Waals surface area contributed by atoms with E-state index in [0.29, 0.717) is 18.9 Å². The highest BCUT2D eigenvalue weighted by molar-refractivity contribution is 5.90. The molecule has 0 radical (unpaired) electrons. The molecule has 3 N–H and O–H groups in total. The Hall–Kier alpha value is -1.92. The molecular weight excluding hydrogens is 248 g/mol. The van der Waals surface area contributed by atoms with Crippen molar-refractivity contribution in [2.45, 2.75) is 38.5 Å². The maximum Gasteiger partial charge on any atom is 0.303 e. The molecule has 1 unspecified atom stereocenters. The summed E-state index contributed by atoms with van der Waals surface area (Å²) in [6.45, 7) is 2.33. The largest absolute Gasteiger partial charge is 0.481 e. The number of rotatable bonds is 7. The molecule has 0 saturated heterocycles. The molecule has 1 aliphatic rings. The van der Waals surface area contributed by atoms with E-state index >= 15 is 0 Å². The van der Waals surface area contributed by atoms with Gasteiger partial charge in [0, 0.05) is 18.9 Å². The zero-order chi connectivity index (χ0) is 13.8. The number of nitrogens with zero attached hydrogens (tertiary/aromatic N) is 2. The van der Waals surface area contributed by atoms with Gasteiger partial charge in [-0.25, -0.2) is 4.98 Å². The third kappa shape index (κ3) is 4.04. The maximum atomic E-state index is 11.8. The summed E-state index contributed by atoms with van der Waals surface area (Å²) in [7, 11) is 0. The Kier molecular flexibility index (Phi) is 4.13. The molecule has 1 atom stereocenters. The van der Waals surface area contributed by atoms with Crippen LogP contribution in [-0.4, -0.2) is 38.7 Å². The number of hydrogen-bond acceptors (Lipinski definition) is 4. The number of amides is 1. The van der Waals surface area contributed by atoms with E-state index in [-0.39, 0.29) is 24.1 Å². The van der Waals surface area contributed by atoms with Crippen LogP contribution in [0.4, 0.5) is 0 Å². The Balaban J connectivity index is 1.75. The quantitative estimate of drug-likeness (QED) is 0.680. The zero-order valence-electron chi connectivity index (χ0n) is 10.8. The highest BCUT2D eigenvalue weighted by Crippen LogP contribution is 2.37. The van der Waals surface area contributed by atoms with Crippen LogP contribution in [0.25, 0.3) is 0 Å². The SMILES string of the molecule is CC(CCC(=O)O)CNC(=O)c1n[nH]c(C2CC2)n1. The van der Waals surface area contributed by atoms with Gasteiger partial charge in [0.2, 0.25) is 5.82 Å². The van der Waals surface area contributed by atoms with Gasteiger partial charge in [-0.15, -0.1) is 5.10 Å². The van der Waals surface area contributed by atoms with Gasteiger partial charge in [-0.2, -0.15) is 0 Å². The summed E-state index contributed by atoms with van der Waals surface area (Å²) in [4.78, 5) is 26.3. The number of carboxylic acid groups (broad SMARTS) is 1. The molecule has 0 aromatic carbocycles. The van der Waals surface area contributed by atoms with Crippen LogP contribution in [0.1, 0.15) is 55.0 Å². The summed E-state index contributed by atoms with van der Waals surface area (Å²) >= 11 is 0. The summed E-state index contributed by atoms with van der Waals surface area (Å²) in [6, 6.07) is 0. The monoisotopic (exact) mass is 266 g/mol. The number of nitrogens with one attached hydrogen (secondary N) is 2. The van der Waals surface area contributed by atoms with Crippen LogP contribution in [0.15, 0.2) is 0 Å². The molecule has 1 saturated carbocycles. The van der Waals surface area contributed by atoms with E-state index in [0.717, 1.165) is 18.7 Å². The average Bonchev–Trinajstić information content (AvgIpc) is 3.11. The first-order chi connectivity index (χ1) is 9.06. The van der Waals surface area contributed by atoms with Crippen LogP contribution in [-0.2, 0) is 4.79 Å². The lowest BCUT2D eigenvalue weighted by molar-refractivity contribution is -0.137. The fraction of sp³-hybridized carbons (Fsp3) is 0.667. The Morgan fingerprint density at radius 2 is 2.26 bits per heavy atom. The van der Waals surface area contributed by atoms with Crippen LogP contribution < -0.4 is 5.32 Å². The van der Waals surface area contributed by atoms with Gasteiger partial charge in [0.25, 0.3) is 5.91 Å². The minimum atomic E-state index is -0.818. The van der Waals surface area contributed by atoms with E-state index < -0.39 is 5.97 Å². The predicted octanol–water partition coefficient (Wildman–Crippen LogP) is 0.913. The number of aromatic nitrogens is 3. The van der Waals surface area contributed by atoms with E-state index in [1.165, 1.54) is 0 Å². The molecule has 1 amide bonds. The van der Waals surface area contributed by atoms with Crippen molar-refractivity contribution in [3.8, 4) is 0 Å². The van der Waals surface area contributed by atoms with Crippen molar-refractivity contribution < 1.29 is 14.7 Å². The summed E-state index contributed by atoms with van der Waals surface area (Å²) in [5.41, 5.74) is 0. The average molecular weight is 266 g/mol. The Labute approximate surface area is 110 Å². The standard InChI is InChI=1S/C12H18N4O3/c1-7(2-5-9(17)18)6-13-12(19)11-14-10(15-16-11)8-3-4-8/h7-8H,2-6H2,1H3,(H,13,19)(H,17,18)(H,14,15,16). The van der Waals surface area contributed by atoms with Crippen molar-refractivity contribution in [1.82, 2.24) is 20.5 Å². The van der Waals surface area contributed by atoms with Gasteiger partial charge in [0.15, 0.2) is 0 Å². The number of H-pyrrole nitrogens is 1. The first kappa shape index (κ1) is 13.5. The minimum Gasteiger partial charge on any atom is -0.481 e. The molecule has 1 aliphatic carbocycles. The second kappa shape index (κ2) is 5.81. The second-order valence-electron chi connectivity index (χ2n) is 5.07. The molecule has 1 fully saturated rings. The van der Waals surface area contributed by atoms with Crippen molar-refractivity contribution in [3.05, 3.63) is 11.6 Å². The van der Waals surface area contributed by atoms with E-state index in [1.807, 2.05) is 6.92 Å². The van der Waals surface area contributed by atoms with Gasteiger partial charge in [-0.05, 0) is 25.2 Å². The van der Waals surface area contributed by atoms with Crippen LogP contribution in [0.2, 0.25) is 0 Å². The lowest BCUT2D eigenvalue weighted by atomic mass is 10.1. The summed E-state index contributed by atoms with van der Waals surface area (Å²) < 4.78 is 0. The summed E-state index contributed by atoms with van der Waals surface area (Å²) in [5.74, 6) is 0.355. The van der Waals surface area contributed by atoms with Crippen LogP contribution in [0, 0.1) is 5.92 Å². The Bertz CT molecular complexity index is 467. The maximum absolute atomic E-state index is 11.8. The topological polar surface area (TPSA) is 108 Å². The predicted molar refractivity (Wildman–Crippen MR) is 66.7 cm³/mol. The molecule has 0 bridgehead atoms. The van der Waals surface area contributed by atoms with Gasteiger partial charge in [-0.3, -0.25) is 14.7 Å². The molecule has 7 nitrogen and oxygen atoms in total. The number of carbonyl (C=O) groups excluding carboxylic acids is 1. The van der Waals surface area contributed by atoms with Crippen LogP contribution in [0.3, 0.4) is 0 Å². The lowest BCUT2D eigenvalue weighted by Crippen LogP contribution is -2.29. The number of aliphatic carboxylic acids is 1. The number of carbonyl (C=O) groups is 2. The van der Waals surface area contributed by atoms with Gasteiger partial charge >= 0.3 is 5.97 Å². The molecule has 19 heavy (non-hydrogen) atoms. The molecule has 2 rings (SSSR count). The first-order valence-corrected chi connectivity index (χ1v) is 6.48. The first-order valence-electron chi connectivity index (χ1n) is 6.48. The van der Waals surface area contributed by atoms with Crippen molar-refractivity contribution in [1.29, 1.82) is 0 Å². The highest BCUT2D eigenvalue weighted by atomic mass is 16.4. The summed E-state index contributed by atoms with van der Waals surface area (Å²) in [6.07, 6.45) is 2.85. The molecule has 1 aromatic rings. The summed E-state index contributed by atoms with van der Waals surface area (Å²) in [5, 5.41) is 17.9. The van der Waals surface area contributed by atoms with Crippen LogP contribution in [0.5, 0.6) is 0 Å².